The Morgan fingerprint density at radius 1 is 1.30 bits per heavy atom. The Morgan fingerprint density at radius 3 is 2.50 bits per heavy atom. The Labute approximate surface area is 130 Å². The molecule has 2 atom stereocenters. The number of nitrogens with zero attached hydrogens (tertiary/aromatic N) is 1. The van der Waals surface area contributed by atoms with Crippen LogP contribution >= 0.6 is 15.9 Å². The zero-order chi connectivity index (χ0) is 14.8. The van der Waals surface area contributed by atoms with Crippen molar-refractivity contribution in [3.8, 4) is 0 Å². The van der Waals surface area contributed by atoms with Crippen LogP contribution in [-0.2, 0) is 9.84 Å². The molecule has 20 heavy (non-hydrogen) atoms. The summed E-state index contributed by atoms with van der Waals surface area (Å²) in [7, 11) is -3.11. The zero-order valence-corrected chi connectivity index (χ0v) is 14.5. The minimum absolute atomic E-state index is 0.219. The number of hydrogen-bond donors (Lipinski definition) is 0. The van der Waals surface area contributed by atoms with Crippen LogP contribution in [-0.4, -0.2) is 32.1 Å². The van der Waals surface area contributed by atoms with Crippen LogP contribution < -0.4 is 4.90 Å². The van der Waals surface area contributed by atoms with E-state index in [9.17, 15) is 8.42 Å². The summed E-state index contributed by atoms with van der Waals surface area (Å²) >= 11 is 3.58. The molecule has 2 unspecified atom stereocenters. The van der Waals surface area contributed by atoms with Crippen molar-refractivity contribution in [2.75, 3.05) is 22.5 Å². The van der Waals surface area contributed by atoms with Gasteiger partial charge in [-0.1, -0.05) is 29.8 Å². The molecule has 1 saturated heterocycles. The first kappa shape index (κ1) is 15.8. The average molecular weight is 360 g/mol. The summed E-state index contributed by atoms with van der Waals surface area (Å²) in [5, 5.41) is 0.948. The van der Waals surface area contributed by atoms with Crippen molar-refractivity contribution in [3.63, 3.8) is 0 Å². The van der Waals surface area contributed by atoms with Gasteiger partial charge in [-0.2, -0.15) is 0 Å². The molecule has 0 spiro atoms. The van der Waals surface area contributed by atoms with Crippen molar-refractivity contribution in [3.05, 3.63) is 24.3 Å². The van der Waals surface area contributed by atoms with Gasteiger partial charge in [0.2, 0.25) is 0 Å². The molecule has 1 aliphatic rings. The van der Waals surface area contributed by atoms with E-state index in [1.165, 1.54) is 6.42 Å². The third kappa shape index (κ3) is 3.19. The summed E-state index contributed by atoms with van der Waals surface area (Å²) in [5.41, 5.74) is 1.12. The van der Waals surface area contributed by atoms with Crippen molar-refractivity contribution < 1.29 is 8.42 Å². The number of rotatable bonds is 5. The maximum Gasteiger partial charge on any atom is 0.178 e. The number of alkyl halides is 1. The van der Waals surface area contributed by atoms with Crippen molar-refractivity contribution in [2.24, 2.45) is 5.92 Å². The molecule has 1 aromatic carbocycles. The van der Waals surface area contributed by atoms with Gasteiger partial charge in [0.05, 0.1) is 10.6 Å². The second kappa shape index (κ2) is 6.48. The van der Waals surface area contributed by atoms with E-state index in [-0.39, 0.29) is 5.75 Å². The summed E-state index contributed by atoms with van der Waals surface area (Å²) in [4.78, 5) is 2.81. The van der Waals surface area contributed by atoms with E-state index in [0.717, 1.165) is 17.6 Å². The zero-order valence-electron chi connectivity index (χ0n) is 12.0. The van der Waals surface area contributed by atoms with Gasteiger partial charge in [-0.3, -0.25) is 0 Å². The minimum Gasteiger partial charge on any atom is -0.367 e. The van der Waals surface area contributed by atoms with Crippen LogP contribution in [0.5, 0.6) is 0 Å². The van der Waals surface area contributed by atoms with Gasteiger partial charge in [-0.15, -0.1) is 0 Å². The van der Waals surface area contributed by atoms with Crippen LogP contribution in [0.2, 0.25) is 0 Å². The van der Waals surface area contributed by atoms with Crippen LogP contribution in [0.3, 0.4) is 0 Å². The molecule has 5 heteroatoms. The Kier molecular flexibility index (Phi) is 5.13. The van der Waals surface area contributed by atoms with Crippen molar-refractivity contribution >= 4 is 31.5 Å². The van der Waals surface area contributed by atoms with Crippen molar-refractivity contribution in [1.29, 1.82) is 0 Å². The SMILES string of the molecule is CCCS(=O)(=O)c1ccc(N2CCC(C)C2CBr)cc1. The predicted molar refractivity (Wildman–Crippen MR) is 87.5 cm³/mol. The highest BCUT2D eigenvalue weighted by molar-refractivity contribution is 9.09. The Morgan fingerprint density at radius 2 is 1.95 bits per heavy atom. The first-order chi connectivity index (χ1) is 9.49. The van der Waals surface area contributed by atoms with E-state index in [2.05, 4.69) is 27.8 Å². The normalized spacial score (nSPS) is 23.2. The van der Waals surface area contributed by atoms with E-state index in [1.54, 1.807) is 12.1 Å². The topological polar surface area (TPSA) is 37.4 Å². The summed E-state index contributed by atoms with van der Waals surface area (Å²) in [6, 6.07) is 7.86. The van der Waals surface area contributed by atoms with Gasteiger partial charge in [-0.05, 0) is 43.0 Å². The number of halogens is 1. The molecular formula is C15H22BrNO2S. The predicted octanol–water partition coefficient (Wildman–Crippen LogP) is 3.48. The highest BCUT2D eigenvalue weighted by Crippen LogP contribution is 2.31. The van der Waals surface area contributed by atoms with Gasteiger partial charge in [0, 0.05) is 23.6 Å². The molecule has 0 saturated carbocycles. The maximum absolute atomic E-state index is 12.0. The quantitative estimate of drug-likeness (QED) is 0.755. The lowest BCUT2D eigenvalue weighted by Gasteiger charge is -2.27. The number of sulfone groups is 1. The van der Waals surface area contributed by atoms with Crippen LogP contribution in [0, 0.1) is 5.92 Å². The Bertz CT molecular complexity index is 541. The molecule has 112 valence electrons. The van der Waals surface area contributed by atoms with Gasteiger partial charge in [-0.25, -0.2) is 8.42 Å². The Hall–Kier alpha value is -0.550. The highest BCUT2D eigenvalue weighted by Gasteiger charge is 2.30. The molecule has 2 rings (SSSR count). The van der Waals surface area contributed by atoms with Crippen LogP contribution in [0.25, 0.3) is 0 Å². The van der Waals surface area contributed by atoms with E-state index in [4.69, 9.17) is 0 Å². The van der Waals surface area contributed by atoms with Gasteiger partial charge >= 0.3 is 0 Å². The standard InChI is InChI=1S/C15H22BrNO2S/c1-3-10-20(18,19)14-6-4-13(5-7-14)17-9-8-12(2)15(17)11-16/h4-7,12,15H,3,8-11H2,1-2H3. The number of anilines is 1. The Balaban J connectivity index is 2.21. The molecule has 1 aliphatic heterocycles. The first-order valence-electron chi connectivity index (χ1n) is 7.15. The lowest BCUT2D eigenvalue weighted by molar-refractivity contribution is 0.554. The fourth-order valence-electron chi connectivity index (χ4n) is 2.80. The molecule has 0 bridgehead atoms. The van der Waals surface area contributed by atoms with Gasteiger partial charge in [0.1, 0.15) is 0 Å². The second-order valence-corrected chi connectivity index (χ2v) is 8.25. The summed E-state index contributed by atoms with van der Waals surface area (Å²) < 4.78 is 24.0. The molecule has 1 aromatic rings. The fourth-order valence-corrected chi connectivity index (χ4v) is 5.11. The van der Waals surface area contributed by atoms with Crippen LogP contribution in [0.1, 0.15) is 26.7 Å². The highest BCUT2D eigenvalue weighted by atomic mass is 79.9. The number of hydrogen-bond acceptors (Lipinski definition) is 3. The molecular weight excluding hydrogens is 338 g/mol. The first-order valence-corrected chi connectivity index (χ1v) is 9.92. The van der Waals surface area contributed by atoms with Crippen molar-refractivity contribution in [2.45, 2.75) is 37.6 Å². The summed E-state index contributed by atoms with van der Waals surface area (Å²) in [5.74, 6) is 0.884. The van der Waals surface area contributed by atoms with Gasteiger partial charge in [0.25, 0.3) is 0 Å². The van der Waals surface area contributed by atoms with E-state index >= 15 is 0 Å². The summed E-state index contributed by atoms with van der Waals surface area (Å²) in [6.45, 7) is 5.20. The summed E-state index contributed by atoms with van der Waals surface area (Å²) in [6.07, 6.45) is 1.84. The molecule has 1 heterocycles. The molecule has 0 amide bonds. The van der Waals surface area contributed by atoms with Crippen LogP contribution in [0.15, 0.2) is 29.2 Å². The molecule has 0 aliphatic carbocycles. The van der Waals surface area contributed by atoms with Gasteiger partial charge < -0.3 is 4.90 Å². The average Bonchev–Trinajstić information content (AvgIpc) is 2.80. The minimum atomic E-state index is -3.11. The third-order valence-electron chi connectivity index (χ3n) is 4.04. The lowest BCUT2D eigenvalue weighted by Crippen LogP contribution is -2.33. The maximum atomic E-state index is 12.0. The van der Waals surface area contributed by atoms with E-state index in [0.29, 0.717) is 23.3 Å². The second-order valence-electron chi connectivity index (χ2n) is 5.49. The van der Waals surface area contributed by atoms with Crippen molar-refractivity contribution in [1.82, 2.24) is 0 Å². The molecule has 1 fully saturated rings. The third-order valence-corrected chi connectivity index (χ3v) is 6.64. The smallest absolute Gasteiger partial charge is 0.178 e. The van der Waals surface area contributed by atoms with Gasteiger partial charge in [0.15, 0.2) is 9.84 Å². The largest absolute Gasteiger partial charge is 0.367 e. The fraction of sp³-hybridized carbons (Fsp3) is 0.600. The molecule has 0 N–H and O–H groups in total. The van der Waals surface area contributed by atoms with E-state index < -0.39 is 9.84 Å². The monoisotopic (exact) mass is 359 g/mol. The molecule has 0 aromatic heterocycles. The number of benzene rings is 1. The molecule has 3 nitrogen and oxygen atoms in total. The lowest BCUT2D eigenvalue weighted by atomic mass is 10.1. The molecule has 0 radical (unpaired) electrons. The van der Waals surface area contributed by atoms with E-state index in [1.807, 2.05) is 19.1 Å². The van der Waals surface area contributed by atoms with Crippen LogP contribution in [0.4, 0.5) is 5.69 Å².